The smallest absolute Gasteiger partial charge is 0.245 e. The number of carbonyl (C=O) groups is 1. The number of hydrogen-bond donors (Lipinski definition) is 2. The van der Waals surface area contributed by atoms with Gasteiger partial charge in [-0.15, -0.1) is 0 Å². The standard InChI is InChI=1S/C14H21N3O2/c1-14(2,17(3)4)8-19-9-5-6-10-11(7-9)16-13(18)12(10)15/h5-7,12H,8,15H2,1-4H3,(H,16,18). The maximum Gasteiger partial charge on any atom is 0.245 e. The molecule has 1 aliphatic rings. The van der Waals surface area contributed by atoms with Crippen LogP contribution in [0.5, 0.6) is 5.75 Å². The van der Waals surface area contributed by atoms with Gasteiger partial charge in [0, 0.05) is 22.9 Å². The van der Waals surface area contributed by atoms with Crippen LogP contribution in [0.3, 0.4) is 0 Å². The highest BCUT2D eigenvalue weighted by Crippen LogP contribution is 2.32. The Hall–Kier alpha value is -1.59. The average molecular weight is 263 g/mol. The summed E-state index contributed by atoms with van der Waals surface area (Å²) in [6, 6.07) is 4.95. The predicted molar refractivity (Wildman–Crippen MR) is 75.3 cm³/mol. The van der Waals surface area contributed by atoms with Gasteiger partial charge in [-0.05, 0) is 34.0 Å². The monoisotopic (exact) mass is 263 g/mol. The maximum atomic E-state index is 11.5. The van der Waals surface area contributed by atoms with Crippen molar-refractivity contribution in [2.45, 2.75) is 25.4 Å². The van der Waals surface area contributed by atoms with Crippen molar-refractivity contribution in [1.29, 1.82) is 0 Å². The summed E-state index contributed by atoms with van der Waals surface area (Å²) >= 11 is 0. The van der Waals surface area contributed by atoms with E-state index in [0.29, 0.717) is 6.61 Å². The third-order valence-electron chi connectivity index (χ3n) is 3.70. The zero-order valence-corrected chi connectivity index (χ0v) is 11.9. The van der Waals surface area contributed by atoms with Gasteiger partial charge < -0.3 is 20.7 Å². The van der Waals surface area contributed by atoms with Crippen molar-refractivity contribution in [3.63, 3.8) is 0 Å². The minimum Gasteiger partial charge on any atom is -0.492 e. The molecule has 0 aromatic heterocycles. The Kier molecular flexibility index (Phi) is 3.52. The van der Waals surface area contributed by atoms with Crippen LogP contribution in [0.25, 0.3) is 0 Å². The first-order chi connectivity index (χ1) is 8.81. The SMILES string of the molecule is CN(C)C(C)(C)COc1ccc2c(c1)NC(=O)C2N. The van der Waals surface area contributed by atoms with E-state index in [2.05, 4.69) is 24.1 Å². The molecule has 0 radical (unpaired) electrons. The van der Waals surface area contributed by atoms with Crippen molar-refractivity contribution >= 4 is 11.6 Å². The van der Waals surface area contributed by atoms with Gasteiger partial charge in [0.05, 0.1) is 0 Å². The summed E-state index contributed by atoms with van der Waals surface area (Å²) < 4.78 is 5.79. The van der Waals surface area contributed by atoms with E-state index in [1.807, 2.05) is 32.3 Å². The van der Waals surface area contributed by atoms with E-state index in [-0.39, 0.29) is 11.4 Å². The van der Waals surface area contributed by atoms with Crippen LogP contribution >= 0.6 is 0 Å². The van der Waals surface area contributed by atoms with Crippen LogP contribution in [0.4, 0.5) is 5.69 Å². The quantitative estimate of drug-likeness (QED) is 0.860. The van der Waals surface area contributed by atoms with Crippen LogP contribution < -0.4 is 15.8 Å². The molecule has 1 heterocycles. The second-order valence-corrected chi connectivity index (χ2v) is 5.71. The minimum absolute atomic E-state index is 0.0569. The van der Waals surface area contributed by atoms with Gasteiger partial charge in [0.1, 0.15) is 18.4 Å². The Morgan fingerprint density at radius 1 is 1.42 bits per heavy atom. The average Bonchev–Trinajstić information content (AvgIpc) is 2.62. The second kappa shape index (κ2) is 4.83. The summed E-state index contributed by atoms with van der Waals surface area (Å²) in [5.74, 6) is 0.573. The molecule has 1 aromatic carbocycles. The zero-order chi connectivity index (χ0) is 14.2. The minimum atomic E-state index is -0.567. The summed E-state index contributed by atoms with van der Waals surface area (Å²) in [5, 5.41) is 2.75. The number of rotatable bonds is 4. The first-order valence-corrected chi connectivity index (χ1v) is 6.32. The van der Waals surface area contributed by atoms with Crippen LogP contribution in [0.2, 0.25) is 0 Å². The number of nitrogens with two attached hydrogens (primary N) is 1. The molecule has 0 spiro atoms. The molecule has 1 amide bonds. The Morgan fingerprint density at radius 2 is 2.11 bits per heavy atom. The Morgan fingerprint density at radius 3 is 2.74 bits per heavy atom. The van der Waals surface area contributed by atoms with Crippen LogP contribution in [0.15, 0.2) is 18.2 Å². The molecule has 19 heavy (non-hydrogen) atoms. The van der Waals surface area contributed by atoms with Gasteiger partial charge in [-0.1, -0.05) is 6.07 Å². The van der Waals surface area contributed by atoms with E-state index in [0.717, 1.165) is 17.0 Å². The van der Waals surface area contributed by atoms with Crippen molar-refractivity contribution in [1.82, 2.24) is 4.90 Å². The predicted octanol–water partition coefficient (Wildman–Crippen LogP) is 1.36. The third-order valence-corrected chi connectivity index (χ3v) is 3.70. The number of carbonyl (C=O) groups excluding carboxylic acids is 1. The molecule has 1 atom stereocenters. The lowest BCUT2D eigenvalue weighted by molar-refractivity contribution is -0.116. The summed E-state index contributed by atoms with van der Waals surface area (Å²) in [4.78, 5) is 13.6. The fourth-order valence-corrected chi connectivity index (χ4v) is 1.75. The molecule has 1 aliphatic heterocycles. The summed E-state index contributed by atoms with van der Waals surface area (Å²) in [7, 11) is 4.04. The van der Waals surface area contributed by atoms with E-state index in [1.54, 1.807) is 0 Å². The van der Waals surface area contributed by atoms with Crippen molar-refractivity contribution < 1.29 is 9.53 Å². The Labute approximate surface area is 113 Å². The maximum absolute atomic E-state index is 11.5. The first-order valence-electron chi connectivity index (χ1n) is 6.32. The number of amides is 1. The second-order valence-electron chi connectivity index (χ2n) is 5.71. The lowest BCUT2D eigenvalue weighted by atomic mass is 10.1. The van der Waals surface area contributed by atoms with Crippen molar-refractivity contribution in [2.75, 3.05) is 26.0 Å². The number of anilines is 1. The normalized spacial score (nSPS) is 18.4. The topological polar surface area (TPSA) is 67.6 Å². The van der Waals surface area contributed by atoms with E-state index in [9.17, 15) is 4.79 Å². The number of nitrogens with one attached hydrogen (secondary N) is 1. The Balaban J connectivity index is 2.09. The fraction of sp³-hybridized carbons (Fsp3) is 0.500. The zero-order valence-electron chi connectivity index (χ0n) is 11.9. The molecule has 5 nitrogen and oxygen atoms in total. The summed E-state index contributed by atoms with van der Waals surface area (Å²) in [6.45, 7) is 4.79. The molecule has 5 heteroatoms. The third kappa shape index (κ3) is 2.72. The van der Waals surface area contributed by atoms with Crippen LogP contribution in [0.1, 0.15) is 25.5 Å². The molecule has 2 rings (SSSR count). The highest BCUT2D eigenvalue weighted by atomic mass is 16.5. The molecule has 1 aromatic rings. The fourth-order valence-electron chi connectivity index (χ4n) is 1.75. The molecule has 104 valence electrons. The first kappa shape index (κ1) is 13.8. The molecular formula is C14H21N3O2. The highest BCUT2D eigenvalue weighted by Gasteiger charge is 2.27. The van der Waals surface area contributed by atoms with Gasteiger partial charge in [-0.25, -0.2) is 0 Å². The lowest BCUT2D eigenvalue weighted by Crippen LogP contribution is -2.43. The highest BCUT2D eigenvalue weighted by molar-refractivity contribution is 6.02. The van der Waals surface area contributed by atoms with E-state index in [4.69, 9.17) is 10.5 Å². The van der Waals surface area contributed by atoms with Crippen LogP contribution in [0, 0.1) is 0 Å². The molecule has 3 N–H and O–H groups in total. The molecule has 0 saturated carbocycles. The number of fused-ring (bicyclic) bond motifs is 1. The molecular weight excluding hydrogens is 242 g/mol. The molecule has 0 fully saturated rings. The molecule has 0 aliphatic carbocycles. The lowest BCUT2D eigenvalue weighted by Gasteiger charge is -2.32. The molecule has 0 bridgehead atoms. The van der Waals surface area contributed by atoms with E-state index >= 15 is 0 Å². The van der Waals surface area contributed by atoms with Crippen LogP contribution in [-0.2, 0) is 4.79 Å². The van der Waals surface area contributed by atoms with Crippen molar-refractivity contribution in [2.24, 2.45) is 5.73 Å². The van der Waals surface area contributed by atoms with E-state index in [1.165, 1.54) is 0 Å². The van der Waals surface area contributed by atoms with Gasteiger partial charge in [-0.2, -0.15) is 0 Å². The van der Waals surface area contributed by atoms with Gasteiger partial charge in [0.2, 0.25) is 5.91 Å². The Bertz CT molecular complexity index is 497. The number of benzene rings is 1. The number of likely N-dealkylation sites (N-methyl/N-ethyl adjacent to an activating group) is 1. The number of nitrogens with zero attached hydrogens (tertiary/aromatic N) is 1. The molecule has 0 saturated heterocycles. The summed E-state index contributed by atoms with van der Waals surface area (Å²) in [6.07, 6.45) is 0. The largest absolute Gasteiger partial charge is 0.492 e. The van der Waals surface area contributed by atoms with Crippen LogP contribution in [-0.4, -0.2) is 37.0 Å². The summed E-state index contributed by atoms with van der Waals surface area (Å²) in [5.41, 5.74) is 7.28. The van der Waals surface area contributed by atoms with Gasteiger partial charge in [-0.3, -0.25) is 4.79 Å². The number of ether oxygens (including phenoxy) is 1. The molecule has 1 unspecified atom stereocenters. The van der Waals surface area contributed by atoms with E-state index < -0.39 is 6.04 Å². The van der Waals surface area contributed by atoms with Gasteiger partial charge in [0.15, 0.2) is 0 Å². The van der Waals surface area contributed by atoms with Gasteiger partial charge in [0.25, 0.3) is 0 Å². The van der Waals surface area contributed by atoms with Gasteiger partial charge >= 0.3 is 0 Å². The van der Waals surface area contributed by atoms with Crippen molar-refractivity contribution in [3.05, 3.63) is 23.8 Å². The van der Waals surface area contributed by atoms with Crippen molar-refractivity contribution in [3.8, 4) is 5.75 Å². The number of hydrogen-bond acceptors (Lipinski definition) is 4.